The standard InChI is InChI=1S/C30H46O3/c1-5-7-9-11-22(3)24-13-15-25(16-14-24)26-17-19-27(20-18-26)32-28(12-10-8-6-2)29-21-23(4)30(31)33-29/h17-20,22,24-25,28-29H,4-16,21H2,1-3H3. The summed E-state index contributed by atoms with van der Waals surface area (Å²) >= 11 is 0. The van der Waals surface area contributed by atoms with Crippen molar-refractivity contribution in [3.05, 3.63) is 42.0 Å². The van der Waals surface area contributed by atoms with Gasteiger partial charge in [0.05, 0.1) is 0 Å². The van der Waals surface area contributed by atoms with Gasteiger partial charge in [-0.25, -0.2) is 4.79 Å². The molecule has 1 aromatic rings. The summed E-state index contributed by atoms with van der Waals surface area (Å²) in [5, 5.41) is 0. The highest BCUT2D eigenvalue weighted by atomic mass is 16.6. The van der Waals surface area contributed by atoms with Crippen LogP contribution in [0.5, 0.6) is 5.75 Å². The molecule has 0 bridgehead atoms. The Morgan fingerprint density at radius 2 is 1.61 bits per heavy atom. The van der Waals surface area contributed by atoms with Crippen molar-refractivity contribution in [2.24, 2.45) is 11.8 Å². The number of carbonyl (C=O) groups is 1. The molecule has 1 heterocycles. The number of unbranched alkanes of at least 4 members (excludes halogenated alkanes) is 4. The molecule has 33 heavy (non-hydrogen) atoms. The van der Waals surface area contributed by atoms with E-state index in [0.717, 1.165) is 30.4 Å². The lowest BCUT2D eigenvalue weighted by Crippen LogP contribution is -2.31. The highest BCUT2D eigenvalue weighted by Crippen LogP contribution is 2.40. The van der Waals surface area contributed by atoms with Crippen molar-refractivity contribution in [3.63, 3.8) is 0 Å². The van der Waals surface area contributed by atoms with Crippen molar-refractivity contribution in [2.75, 3.05) is 0 Å². The van der Waals surface area contributed by atoms with Gasteiger partial charge in [-0.3, -0.25) is 0 Å². The highest BCUT2D eigenvalue weighted by molar-refractivity contribution is 5.90. The lowest BCUT2D eigenvalue weighted by Gasteiger charge is -2.32. The Balaban J connectivity index is 1.52. The molecule has 2 fully saturated rings. The fourth-order valence-electron chi connectivity index (χ4n) is 5.68. The molecule has 0 radical (unpaired) electrons. The Morgan fingerprint density at radius 3 is 2.18 bits per heavy atom. The van der Waals surface area contributed by atoms with Gasteiger partial charge in [0.2, 0.25) is 0 Å². The van der Waals surface area contributed by atoms with Crippen molar-refractivity contribution in [3.8, 4) is 5.75 Å². The molecule has 2 aliphatic rings. The van der Waals surface area contributed by atoms with E-state index in [-0.39, 0.29) is 18.2 Å². The molecule has 184 valence electrons. The number of hydrogen-bond donors (Lipinski definition) is 0. The van der Waals surface area contributed by atoms with E-state index in [1.165, 1.54) is 69.8 Å². The van der Waals surface area contributed by atoms with Crippen molar-refractivity contribution in [2.45, 2.75) is 122 Å². The Morgan fingerprint density at radius 1 is 0.970 bits per heavy atom. The van der Waals surface area contributed by atoms with Crippen LogP contribution in [0, 0.1) is 11.8 Å². The van der Waals surface area contributed by atoms with E-state index >= 15 is 0 Å². The van der Waals surface area contributed by atoms with Crippen molar-refractivity contribution in [1.29, 1.82) is 0 Å². The van der Waals surface area contributed by atoms with E-state index < -0.39 is 0 Å². The van der Waals surface area contributed by atoms with Crippen LogP contribution in [0.25, 0.3) is 0 Å². The van der Waals surface area contributed by atoms with Crippen LogP contribution < -0.4 is 4.74 Å². The molecule has 1 aromatic carbocycles. The summed E-state index contributed by atoms with van der Waals surface area (Å²) < 4.78 is 11.9. The van der Waals surface area contributed by atoms with Crippen LogP contribution in [-0.2, 0) is 9.53 Å². The average Bonchev–Trinajstić information content (AvgIpc) is 3.17. The predicted molar refractivity (Wildman–Crippen MR) is 137 cm³/mol. The fourth-order valence-corrected chi connectivity index (χ4v) is 5.68. The number of benzene rings is 1. The molecule has 0 N–H and O–H groups in total. The molecular weight excluding hydrogens is 408 g/mol. The molecule has 3 nitrogen and oxygen atoms in total. The van der Waals surface area contributed by atoms with Crippen molar-refractivity contribution < 1.29 is 14.3 Å². The first-order valence-electron chi connectivity index (χ1n) is 13.7. The average molecular weight is 455 g/mol. The third-order valence-corrected chi connectivity index (χ3v) is 7.98. The topological polar surface area (TPSA) is 35.5 Å². The van der Waals surface area contributed by atoms with Gasteiger partial charge in [0.15, 0.2) is 0 Å². The van der Waals surface area contributed by atoms with Gasteiger partial charge < -0.3 is 9.47 Å². The normalized spacial score (nSPS) is 25.0. The van der Waals surface area contributed by atoms with Crippen LogP contribution in [0.2, 0.25) is 0 Å². The SMILES string of the molecule is C=C1CC(C(CCCCC)Oc2ccc(C3CCC(C(C)CCCCC)CC3)cc2)OC1=O. The largest absolute Gasteiger partial charge is 0.487 e. The van der Waals surface area contributed by atoms with Crippen LogP contribution >= 0.6 is 0 Å². The van der Waals surface area contributed by atoms with E-state index in [1.807, 2.05) is 0 Å². The van der Waals surface area contributed by atoms with Crippen LogP contribution in [0.3, 0.4) is 0 Å². The van der Waals surface area contributed by atoms with Crippen molar-refractivity contribution >= 4 is 5.97 Å². The van der Waals surface area contributed by atoms with E-state index in [2.05, 4.69) is 51.6 Å². The lowest BCUT2D eigenvalue weighted by molar-refractivity contribution is -0.142. The first-order valence-corrected chi connectivity index (χ1v) is 13.7. The number of rotatable bonds is 13. The zero-order valence-corrected chi connectivity index (χ0v) is 21.3. The molecule has 3 rings (SSSR count). The second-order valence-corrected chi connectivity index (χ2v) is 10.6. The molecule has 1 saturated carbocycles. The minimum Gasteiger partial charge on any atom is -0.487 e. The van der Waals surface area contributed by atoms with E-state index in [4.69, 9.17) is 9.47 Å². The summed E-state index contributed by atoms with van der Waals surface area (Å²) in [5.41, 5.74) is 2.01. The number of carbonyl (C=O) groups excluding carboxylic acids is 1. The Labute approximate surface area is 202 Å². The van der Waals surface area contributed by atoms with Gasteiger partial charge in [0.25, 0.3) is 0 Å². The van der Waals surface area contributed by atoms with E-state index in [0.29, 0.717) is 17.9 Å². The maximum absolute atomic E-state index is 11.8. The fraction of sp³-hybridized carbons (Fsp3) is 0.700. The van der Waals surface area contributed by atoms with Crippen LogP contribution in [0.1, 0.15) is 116 Å². The Kier molecular flexibility index (Phi) is 10.3. The van der Waals surface area contributed by atoms with Crippen molar-refractivity contribution in [1.82, 2.24) is 0 Å². The molecule has 0 amide bonds. The quantitative estimate of drug-likeness (QED) is 0.171. The Hall–Kier alpha value is -1.77. The third kappa shape index (κ3) is 7.62. The smallest absolute Gasteiger partial charge is 0.333 e. The second kappa shape index (κ2) is 13.2. The van der Waals surface area contributed by atoms with Gasteiger partial charge in [-0.2, -0.15) is 0 Å². The molecule has 3 atom stereocenters. The second-order valence-electron chi connectivity index (χ2n) is 10.6. The Bertz CT molecular complexity index is 713. The maximum Gasteiger partial charge on any atom is 0.333 e. The van der Waals surface area contributed by atoms with Gasteiger partial charge in [0.1, 0.15) is 18.0 Å². The maximum atomic E-state index is 11.8. The van der Waals surface area contributed by atoms with Crippen LogP contribution in [0.4, 0.5) is 0 Å². The third-order valence-electron chi connectivity index (χ3n) is 7.98. The minimum absolute atomic E-state index is 0.102. The number of cyclic esters (lactones) is 1. The first kappa shape index (κ1) is 25.8. The van der Waals surface area contributed by atoms with Gasteiger partial charge in [-0.05, 0) is 74.0 Å². The molecule has 1 aliphatic carbocycles. The van der Waals surface area contributed by atoms with Gasteiger partial charge in [-0.15, -0.1) is 0 Å². The molecule has 1 aliphatic heterocycles. The zero-order valence-electron chi connectivity index (χ0n) is 21.3. The van der Waals surface area contributed by atoms with E-state index in [1.54, 1.807) is 0 Å². The summed E-state index contributed by atoms with van der Waals surface area (Å²) in [6, 6.07) is 8.75. The molecule has 0 aromatic heterocycles. The summed E-state index contributed by atoms with van der Waals surface area (Å²) in [5.74, 6) is 3.08. The highest BCUT2D eigenvalue weighted by Gasteiger charge is 2.35. The summed E-state index contributed by atoms with van der Waals surface area (Å²) in [7, 11) is 0. The minimum atomic E-state index is -0.269. The predicted octanol–water partition coefficient (Wildman–Crippen LogP) is 8.38. The summed E-state index contributed by atoms with van der Waals surface area (Å²) in [4.78, 5) is 11.8. The summed E-state index contributed by atoms with van der Waals surface area (Å²) in [6.07, 6.45) is 15.4. The zero-order chi connectivity index (χ0) is 23.6. The van der Waals surface area contributed by atoms with Gasteiger partial charge in [-0.1, -0.05) is 78.0 Å². The molecule has 3 unspecified atom stereocenters. The molecule has 3 heteroatoms. The summed E-state index contributed by atoms with van der Waals surface area (Å²) in [6.45, 7) is 10.8. The van der Waals surface area contributed by atoms with Crippen LogP contribution in [-0.4, -0.2) is 18.2 Å². The first-order chi connectivity index (χ1) is 16.0. The lowest BCUT2D eigenvalue weighted by atomic mass is 9.73. The monoisotopic (exact) mass is 454 g/mol. The number of esters is 1. The van der Waals surface area contributed by atoms with E-state index in [9.17, 15) is 4.79 Å². The molecule has 0 spiro atoms. The number of ether oxygens (including phenoxy) is 2. The number of hydrogen-bond acceptors (Lipinski definition) is 3. The van der Waals surface area contributed by atoms with Crippen LogP contribution in [0.15, 0.2) is 36.4 Å². The van der Waals surface area contributed by atoms with Gasteiger partial charge >= 0.3 is 5.97 Å². The van der Waals surface area contributed by atoms with Gasteiger partial charge in [0, 0.05) is 12.0 Å². The molecular formula is C30H46O3. The molecule has 1 saturated heterocycles.